The number of carbonyl (C=O) groups excluding carboxylic acids is 1. The first-order valence-electron chi connectivity index (χ1n) is 14.5. The molecule has 6 rings (SSSR count). The molecule has 3 aromatic rings. The smallest absolute Gasteiger partial charge is 0.260 e. The average molecular weight is 571 g/mol. The Morgan fingerprint density at radius 2 is 2.02 bits per heavy atom. The summed E-state index contributed by atoms with van der Waals surface area (Å²) < 4.78 is 2.00. The minimum absolute atomic E-state index is 0.0192. The summed E-state index contributed by atoms with van der Waals surface area (Å²) in [6.45, 7) is 6.26. The molecule has 1 amide bonds. The highest BCUT2D eigenvalue weighted by Crippen LogP contribution is 2.52. The number of fused-ring (bicyclic) bond motifs is 1. The molecule has 3 aliphatic rings. The number of benzene rings is 1. The molecule has 10 heteroatoms. The van der Waals surface area contributed by atoms with Crippen LogP contribution in [0, 0.1) is 17.2 Å². The van der Waals surface area contributed by atoms with Gasteiger partial charge in [-0.3, -0.25) is 9.69 Å². The van der Waals surface area contributed by atoms with E-state index in [4.69, 9.17) is 10.2 Å². The lowest BCUT2D eigenvalue weighted by atomic mass is 9.58. The molecule has 1 aliphatic heterocycles. The maximum absolute atomic E-state index is 14.0. The van der Waals surface area contributed by atoms with Crippen molar-refractivity contribution in [2.45, 2.75) is 81.3 Å². The number of amides is 1. The third-order valence-corrected chi connectivity index (χ3v) is 9.98. The molecule has 0 bridgehead atoms. The van der Waals surface area contributed by atoms with Crippen LogP contribution in [0.15, 0.2) is 35.5 Å². The Morgan fingerprint density at radius 1 is 1.22 bits per heavy atom. The third kappa shape index (κ3) is 4.99. The van der Waals surface area contributed by atoms with Gasteiger partial charge in [0.2, 0.25) is 0 Å². The molecule has 0 spiro atoms. The molecular formula is C31H38N8OS. The first-order valence-corrected chi connectivity index (χ1v) is 15.7. The Labute approximate surface area is 246 Å². The lowest BCUT2D eigenvalue weighted by Crippen LogP contribution is -2.47. The number of anilines is 2. The minimum Gasteiger partial charge on any atom is -0.369 e. The van der Waals surface area contributed by atoms with E-state index in [0.29, 0.717) is 37.1 Å². The van der Waals surface area contributed by atoms with Crippen molar-refractivity contribution in [1.82, 2.24) is 25.1 Å². The summed E-state index contributed by atoms with van der Waals surface area (Å²) in [6.07, 6.45) is 9.74. The first kappa shape index (κ1) is 27.7. The zero-order valence-electron chi connectivity index (χ0n) is 24.3. The highest BCUT2D eigenvalue weighted by molar-refractivity contribution is 7.98. The van der Waals surface area contributed by atoms with Crippen LogP contribution < -0.4 is 15.5 Å². The van der Waals surface area contributed by atoms with Crippen molar-refractivity contribution in [1.29, 1.82) is 5.26 Å². The third-order valence-electron chi connectivity index (χ3n) is 9.17. The Kier molecular flexibility index (Phi) is 7.28. The molecule has 2 N–H and O–H groups in total. The second-order valence-corrected chi connectivity index (χ2v) is 13.1. The van der Waals surface area contributed by atoms with E-state index in [1.807, 2.05) is 11.6 Å². The zero-order chi connectivity index (χ0) is 28.8. The molecule has 41 heavy (non-hydrogen) atoms. The number of aromatic nitrogens is 4. The average Bonchev–Trinajstić information content (AvgIpc) is 3.51. The van der Waals surface area contributed by atoms with Gasteiger partial charge in [-0.05, 0) is 92.2 Å². The fourth-order valence-corrected chi connectivity index (χ4v) is 7.45. The summed E-state index contributed by atoms with van der Waals surface area (Å²) in [5.41, 5.74) is 3.94. The standard InChI is InChI=1S/C31H38N8OS/c1-20-15-31(16-20,29-37-35-19-38(29)3)22-13-26(33-10-6-9-32)36-27(14-22)39-18-24-23(28(39)40)11-21(12-25(24)41-4)17-34-30(2)7-5-8-30/h11-14,19-20,34H,5-8,10,15-18H2,1-4H3,(H,33,36)/t20-,31+. The van der Waals surface area contributed by atoms with Gasteiger partial charge in [0, 0.05) is 36.1 Å². The van der Waals surface area contributed by atoms with E-state index in [1.54, 1.807) is 23.0 Å². The molecule has 1 aromatic carbocycles. The number of nitrogens with zero attached hydrogens (tertiary/aromatic N) is 6. The fourth-order valence-electron chi connectivity index (χ4n) is 6.76. The van der Waals surface area contributed by atoms with Crippen LogP contribution in [0.4, 0.5) is 11.6 Å². The van der Waals surface area contributed by atoms with E-state index < -0.39 is 0 Å². The van der Waals surface area contributed by atoms with E-state index in [1.165, 1.54) is 19.3 Å². The van der Waals surface area contributed by atoms with Crippen LogP contribution in [0.2, 0.25) is 0 Å². The Balaban J connectivity index is 1.36. The number of nitrogens with one attached hydrogen (secondary N) is 2. The predicted octanol–water partition coefficient (Wildman–Crippen LogP) is 5.17. The molecule has 0 saturated heterocycles. The Morgan fingerprint density at radius 3 is 2.66 bits per heavy atom. The van der Waals surface area contributed by atoms with E-state index in [-0.39, 0.29) is 16.9 Å². The van der Waals surface area contributed by atoms with Gasteiger partial charge in [0.25, 0.3) is 5.91 Å². The molecule has 0 unspecified atom stereocenters. The van der Waals surface area contributed by atoms with Crippen LogP contribution in [0.1, 0.15) is 85.2 Å². The maximum atomic E-state index is 14.0. The molecule has 0 atom stereocenters. The molecule has 2 aromatic heterocycles. The van der Waals surface area contributed by atoms with Crippen molar-refractivity contribution in [2.24, 2.45) is 13.0 Å². The number of carbonyl (C=O) groups is 1. The van der Waals surface area contributed by atoms with Crippen LogP contribution in [0.25, 0.3) is 0 Å². The summed E-state index contributed by atoms with van der Waals surface area (Å²) in [5, 5.41) is 24.8. The van der Waals surface area contributed by atoms with Gasteiger partial charge in [-0.1, -0.05) is 6.92 Å². The normalized spacial score (nSPS) is 22.6. The summed E-state index contributed by atoms with van der Waals surface area (Å²) in [6, 6.07) is 10.6. The summed E-state index contributed by atoms with van der Waals surface area (Å²) >= 11 is 1.69. The lowest BCUT2D eigenvalue weighted by molar-refractivity contribution is 0.0995. The number of nitriles is 1. The minimum atomic E-state index is -0.301. The van der Waals surface area contributed by atoms with Gasteiger partial charge in [-0.15, -0.1) is 22.0 Å². The largest absolute Gasteiger partial charge is 0.369 e. The van der Waals surface area contributed by atoms with Gasteiger partial charge in [-0.25, -0.2) is 4.98 Å². The van der Waals surface area contributed by atoms with E-state index in [0.717, 1.165) is 52.4 Å². The number of hydrogen-bond acceptors (Lipinski definition) is 8. The van der Waals surface area contributed by atoms with Crippen LogP contribution in [-0.4, -0.2) is 44.0 Å². The molecular weight excluding hydrogens is 532 g/mol. The second-order valence-electron chi connectivity index (χ2n) is 12.3. The first-order chi connectivity index (χ1) is 19.7. The molecule has 214 valence electrons. The topological polar surface area (TPSA) is 112 Å². The van der Waals surface area contributed by atoms with E-state index in [2.05, 4.69) is 71.3 Å². The highest BCUT2D eigenvalue weighted by Gasteiger charge is 2.49. The number of rotatable bonds is 10. The summed E-state index contributed by atoms with van der Waals surface area (Å²) in [5.74, 6) is 2.75. The van der Waals surface area contributed by atoms with E-state index in [9.17, 15) is 4.79 Å². The zero-order valence-corrected chi connectivity index (χ0v) is 25.1. The monoisotopic (exact) mass is 570 g/mol. The number of pyridine rings is 1. The maximum Gasteiger partial charge on any atom is 0.260 e. The molecule has 2 fully saturated rings. The van der Waals surface area contributed by atoms with Crippen molar-refractivity contribution in [3.8, 4) is 6.07 Å². The molecule has 2 saturated carbocycles. The highest BCUT2D eigenvalue weighted by atomic mass is 32.2. The predicted molar refractivity (Wildman–Crippen MR) is 161 cm³/mol. The number of thioether (sulfide) groups is 1. The molecule has 2 aliphatic carbocycles. The van der Waals surface area contributed by atoms with Crippen molar-refractivity contribution in [3.63, 3.8) is 0 Å². The quantitative estimate of drug-likeness (QED) is 0.254. The molecule has 0 radical (unpaired) electrons. The molecule has 9 nitrogen and oxygen atoms in total. The van der Waals surface area contributed by atoms with Crippen molar-refractivity contribution >= 4 is 29.3 Å². The summed E-state index contributed by atoms with van der Waals surface area (Å²) in [4.78, 5) is 21.9. The van der Waals surface area contributed by atoms with Gasteiger partial charge in [-0.2, -0.15) is 5.26 Å². The van der Waals surface area contributed by atoms with Crippen molar-refractivity contribution in [2.75, 3.05) is 23.0 Å². The van der Waals surface area contributed by atoms with Crippen molar-refractivity contribution < 1.29 is 4.79 Å². The van der Waals surface area contributed by atoms with Crippen LogP contribution in [0.5, 0.6) is 0 Å². The number of aryl methyl sites for hydroxylation is 1. The lowest BCUT2D eigenvalue weighted by Gasteiger charge is -2.46. The van der Waals surface area contributed by atoms with Crippen LogP contribution >= 0.6 is 11.8 Å². The molecule has 3 heterocycles. The van der Waals surface area contributed by atoms with E-state index >= 15 is 0 Å². The summed E-state index contributed by atoms with van der Waals surface area (Å²) in [7, 11) is 1.98. The van der Waals surface area contributed by atoms with Crippen LogP contribution in [0.3, 0.4) is 0 Å². The Bertz CT molecular complexity index is 1510. The van der Waals surface area contributed by atoms with Gasteiger partial charge in [0.15, 0.2) is 0 Å². The van der Waals surface area contributed by atoms with Gasteiger partial charge < -0.3 is 15.2 Å². The van der Waals surface area contributed by atoms with Gasteiger partial charge in [0.1, 0.15) is 23.8 Å². The SMILES string of the molecule is CSc1cc(CNC2(C)CCC2)cc2c1CN(c1cc([C@]3(c4nncn4C)C[C@@H](C)C3)cc(NCCC#N)n1)C2=O. The van der Waals surface area contributed by atoms with Crippen molar-refractivity contribution in [3.05, 3.63) is 58.7 Å². The van der Waals surface area contributed by atoms with Gasteiger partial charge in [0.05, 0.1) is 24.4 Å². The van der Waals surface area contributed by atoms with Crippen LogP contribution in [-0.2, 0) is 25.6 Å². The Hall–Kier alpha value is -3.42. The fraction of sp³-hybridized carbons (Fsp3) is 0.516. The number of hydrogen-bond donors (Lipinski definition) is 2. The van der Waals surface area contributed by atoms with Gasteiger partial charge >= 0.3 is 0 Å². The second kappa shape index (κ2) is 10.8.